The molecule has 25 heavy (non-hydrogen) atoms. The summed E-state index contributed by atoms with van der Waals surface area (Å²) in [6.45, 7) is 1.17. The fourth-order valence-corrected chi connectivity index (χ4v) is 4.49. The third kappa shape index (κ3) is 3.10. The Labute approximate surface area is 149 Å². The second-order valence-corrected chi connectivity index (χ2v) is 7.83. The number of likely N-dealkylation sites (N-methyl/N-ethyl adjacent to an activating group) is 1. The fourth-order valence-electron chi connectivity index (χ4n) is 3.88. The van der Waals surface area contributed by atoms with Crippen molar-refractivity contribution in [1.82, 2.24) is 9.88 Å². The van der Waals surface area contributed by atoms with Gasteiger partial charge in [-0.25, -0.2) is 8.42 Å². The number of aromatic nitrogens is 1. The molecule has 1 fully saturated rings. The number of nitrogens with one attached hydrogen (secondary N) is 1. The monoisotopic (exact) mass is 354 g/mol. The van der Waals surface area contributed by atoms with Gasteiger partial charge >= 0.3 is 0 Å². The molecule has 5 heteroatoms. The van der Waals surface area contributed by atoms with Crippen molar-refractivity contribution in [3.63, 3.8) is 0 Å². The van der Waals surface area contributed by atoms with Gasteiger partial charge in [-0.05, 0) is 62.2 Å². The van der Waals surface area contributed by atoms with Crippen LogP contribution >= 0.6 is 0 Å². The highest BCUT2D eigenvalue weighted by Gasteiger charge is 2.22. The van der Waals surface area contributed by atoms with Gasteiger partial charge in [-0.2, -0.15) is 0 Å². The van der Waals surface area contributed by atoms with Crippen LogP contribution < -0.4 is 0 Å². The van der Waals surface area contributed by atoms with Gasteiger partial charge in [-0.15, -0.1) is 0 Å². The molecule has 0 amide bonds. The first kappa shape index (κ1) is 16.4. The maximum atomic E-state index is 11.6. The Morgan fingerprint density at radius 3 is 2.80 bits per heavy atom. The fraction of sp³-hybridized carbons (Fsp3) is 0.300. The summed E-state index contributed by atoms with van der Waals surface area (Å²) < 4.78 is 23.1. The van der Waals surface area contributed by atoms with Crippen LogP contribution in [0.1, 0.15) is 18.4 Å². The smallest absolute Gasteiger partial charge is 0.168 e. The topological polar surface area (TPSA) is 53.2 Å². The lowest BCUT2D eigenvalue weighted by atomic mass is 9.99. The van der Waals surface area contributed by atoms with Gasteiger partial charge in [0.2, 0.25) is 0 Å². The molecule has 1 N–H and O–H groups in total. The number of thiol groups is 1. The van der Waals surface area contributed by atoms with Crippen LogP contribution in [-0.2, 0) is 17.1 Å². The van der Waals surface area contributed by atoms with E-state index in [1.807, 2.05) is 24.3 Å². The third-order valence-corrected chi connectivity index (χ3v) is 6.09. The zero-order valence-corrected chi connectivity index (χ0v) is 15.1. The van der Waals surface area contributed by atoms with Crippen molar-refractivity contribution < 1.29 is 8.42 Å². The molecular weight excluding hydrogens is 332 g/mol. The minimum atomic E-state index is -2.61. The highest BCUT2D eigenvalue weighted by Crippen LogP contribution is 2.31. The maximum Gasteiger partial charge on any atom is 0.168 e. The summed E-state index contributed by atoms with van der Waals surface area (Å²) in [5.74, 6) is 0. The van der Waals surface area contributed by atoms with Crippen molar-refractivity contribution >= 4 is 21.6 Å². The number of aromatic amines is 1. The molecule has 2 heterocycles. The average molecular weight is 354 g/mol. The summed E-state index contributed by atoms with van der Waals surface area (Å²) in [5.41, 5.74) is 4.12. The average Bonchev–Trinajstić information content (AvgIpc) is 3.21. The second kappa shape index (κ2) is 6.65. The van der Waals surface area contributed by atoms with E-state index < -0.39 is 10.7 Å². The van der Waals surface area contributed by atoms with Crippen LogP contribution in [0.3, 0.4) is 0 Å². The van der Waals surface area contributed by atoms with Crippen LogP contribution in [0.25, 0.3) is 22.0 Å². The summed E-state index contributed by atoms with van der Waals surface area (Å²) in [6.07, 6.45) is 5.62. The lowest BCUT2D eigenvalue weighted by Crippen LogP contribution is -2.26. The van der Waals surface area contributed by atoms with Crippen LogP contribution in [-0.4, -0.2) is 37.9 Å². The van der Waals surface area contributed by atoms with E-state index in [0.29, 0.717) is 10.9 Å². The molecule has 1 aliphatic heterocycles. The molecule has 0 saturated carbocycles. The minimum Gasteiger partial charge on any atom is -0.361 e. The van der Waals surface area contributed by atoms with E-state index in [0.717, 1.165) is 23.1 Å². The predicted octanol–water partition coefficient (Wildman–Crippen LogP) is 3.44. The van der Waals surface area contributed by atoms with Crippen molar-refractivity contribution in [3.8, 4) is 11.1 Å². The van der Waals surface area contributed by atoms with Crippen molar-refractivity contribution in [2.45, 2.75) is 30.2 Å². The number of hydrogen-bond donors (Lipinski definition) is 2. The van der Waals surface area contributed by atoms with E-state index in [2.05, 4.69) is 29.2 Å². The van der Waals surface area contributed by atoms with Crippen molar-refractivity contribution in [3.05, 3.63) is 54.2 Å². The molecule has 1 aliphatic rings. The molecule has 0 bridgehead atoms. The molecule has 4 nitrogen and oxygen atoms in total. The summed E-state index contributed by atoms with van der Waals surface area (Å²) in [6, 6.07) is 13.9. The Balaban J connectivity index is 1.76. The van der Waals surface area contributed by atoms with E-state index in [9.17, 15) is 8.42 Å². The molecule has 2 aromatic carbocycles. The molecule has 1 saturated heterocycles. The van der Waals surface area contributed by atoms with E-state index >= 15 is 0 Å². The van der Waals surface area contributed by atoms with Gasteiger partial charge in [-0.3, -0.25) is 0 Å². The number of nitrogens with zero attached hydrogens (tertiary/aromatic N) is 1. The van der Waals surface area contributed by atoms with Gasteiger partial charge in [-0.1, -0.05) is 24.3 Å². The zero-order chi connectivity index (χ0) is 17.4. The number of H-pyrrole nitrogens is 1. The Kier molecular flexibility index (Phi) is 4.36. The molecule has 0 unspecified atom stereocenters. The van der Waals surface area contributed by atoms with Gasteiger partial charge in [0, 0.05) is 28.7 Å². The van der Waals surface area contributed by atoms with Crippen LogP contribution in [0.15, 0.2) is 53.6 Å². The Bertz CT molecular complexity index is 982. The lowest BCUT2D eigenvalue weighted by Gasteiger charge is -2.18. The van der Waals surface area contributed by atoms with Crippen molar-refractivity contribution in [2.24, 2.45) is 0 Å². The van der Waals surface area contributed by atoms with E-state index in [1.54, 1.807) is 12.1 Å². The normalized spacial score (nSPS) is 18.4. The second-order valence-electron chi connectivity index (χ2n) is 6.83. The van der Waals surface area contributed by atoms with Gasteiger partial charge in [0.25, 0.3) is 0 Å². The van der Waals surface area contributed by atoms with Gasteiger partial charge in [0.1, 0.15) is 0 Å². The first-order valence-corrected chi connectivity index (χ1v) is 9.85. The van der Waals surface area contributed by atoms with E-state index in [4.69, 9.17) is 0 Å². The molecule has 0 spiro atoms. The highest BCUT2D eigenvalue weighted by atomic mass is 32.2. The van der Waals surface area contributed by atoms with Crippen LogP contribution in [0, 0.1) is 0 Å². The molecule has 0 aliphatic carbocycles. The van der Waals surface area contributed by atoms with Crippen molar-refractivity contribution in [2.75, 3.05) is 13.6 Å². The Morgan fingerprint density at radius 2 is 2.04 bits per heavy atom. The Hall–Kier alpha value is -2.11. The molecule has 130 valence electrons. The van der Waals surface area contributed by atoms with E-state index in [1.165, 1.54) is 30.3 Å². The number of rotatable bonds is 4. The number of likely N-dealkylation sites (tertiary alicyclic amines) is 1. The summed E-state index contributed by atoms with van der Waals surface area (Å²) in [5, 5.41) is 1.19. The van der Waals surface area contributed by atoms with Crippen LogP contribution in [0.4, 0.5) is 0 Å². The Morgan fingerprint density at radius 1 is 1.20 bits per heavy atom. The maximum absolute atomic E-state index is 11.6. The first-order chi connectivity index (χ1) is 12.1. The largest absolute Gasteiger partial charge is 0.361 e. The SMILES string of the molecule is CN1CCC[C@@H]1Cc1c[nH]c2ccc(-c3ccccc3[SH](=O)=O)cc12. The number of benzene rings is 2. The summed E-state index contributed by atoms with van der Waals surface area (Å²) in [4.78, 5) is 6.16. The summed E-state index contributed by atoms with van der Waals surface area (Å²) >= 11 is 0. The van der Waals surface area contributed by atoms with Crippen molar-refractivity contribution in [1.29, 1.82) is 0 Å². The van der Waals surface area contributed by atoms with Crippen LogP contribution in [0.2, 0.25) is 0 Å². The zero-order valence-electron chi connectivity index (χ0n) is 14.2. The number of hydrogen-bond acceptors (Lipinski definition) is 3. The third-order valence-electron chi connectivity index (χ3n) is 5.31. The molecule has 1 atom stereocenters. The highest BCUT2D eigenvalue weighted by molar-refractivity contribution is 7.72. The molecule has 3 aromatic rings. The van der Waals surface area contributed by atoms with Gasteiger partial charge in [0.15, 0.2) is 10.7 Å². The van der Waals surface area contributed by atoms with Crippen LogP contribution in [0.5, 0.6) is 0 Å². The molecule has 0 radical (unpaired) electrons. The molecule has 1 aromatic heterocycles. The predicted molar refractivity (Wildman–Crippen MR) is 102 cm³/mol. The quantitative estimate of drug-likeness (QED) is 0.706. The lowest BCUT2D eigenvalue weighted by molar-refractivity contribution is 0.310. The van der Waals surface area contributed by atoms with E-state index in [-0.39, 0.29) is 0 Å². The number of fused-ring (bicyclic) bond motifs is 1. The molecular formula is C20H22N2O2S. The minimum absolute atomic E-state index is 0.379. The standard InChI is InChI=1S/C20H22N2O2S/c1-22-10-4-5-16(22)11-15-13-21-19-9-8-14(12-18(15)19)17-6-2-3-7-20(17)25(23)24/h2-3,6-9,12-13,16,21,25H,4-5,10-11H2,1H3/t16-/m1/s1. The summed E-state index contributed by atoms with van der Waals surface area (Å²) in [7, 11) is -0.417. The molecule has 4 rings (SSSR count). The first-order valence-electron chi connectivity index (χ1n) is 8.67. The van der Waals surface area contributed by atoms with Gasteiger partial charge in [0.05, 0.1) is 4.90 Å². The van der Waals surface area contributed by atoms with Gasteiger partial charge < -0.3 is 9.88 Å².